The lowest BCUT2D eigenvalue weighted by Crippen LogP contribution is -2.26. The maximum atomic E-state index is 12.8. The fourth-order valence-corrected chi connectivity index (χ4v) is 2.83. The topological polar surface area (TPSA) is 42.3 Å². The molecular formula is C19H17ClN2O2. The third-order valence-electron chi connectivity index (χ3n) is 3.94. The third kappa shape index (κ3) is 2.81. The van der Waals surface area contributed by atoms with E-state index in [1.807, 2.05) is 18.2 Å². The monoisotopic (exact) mass is 340 g/mol. The number of hydrogen-bond acceptors (Lipinski definition) is 2. The van der Waals surface area contributed by atoms with Crippen molar-refractivity contribution in [2.45, 2.75) is 5.88 Å². The Hall–Kier alpha value is -2.59. The standard InChI is InChI=1S/C19H17ClN2O2/c1-21(2)19(24)22-11-10-15-16(4-3-5-17(15)22)18(23)14-8-6-13(12-20)7-9-14/h3-11H,12H2,1-2H3. The molecule has 3 aromatic rings. The highest BCUT2D eigenvalue weighted by Crippen LogP contribution is 2.23. The van der Waals surface area contributed by atoms with Crippen LogP contribution < -0.4 is 0 Å². The van der Waals surface area contributed by atoms with E-state index in [9.17, 15) is 9.59 Å². The van der Waals surface area contributed by atoms with E-state index >= 15 is 0 Å². The third-order valence-corrected chi connectivity index (χ3v) is 4.25. The summed E-state index contributed by atoms with van der Waals surface area (Å²) in [6.07, 6.45) is 1.69. The lowest BCUT2D eigenvalue weighted by molar-refractivity contribution is 0.104. The van der Waals surface area contributed by atoms with Crippen molar-refractivity contribution in [1.82, 2.24) is 9.47 Å². The van der Waals surface area contributed by atoms with Crippen LogP contribution >= 0.6 is 11.6 Å². The summed E-state index contributed by atoms with van der Waals surface area (Å²) in [5.41, 5.74) is 2.87. The van der Waals surface area contributed by atoms with E-state index in [2.05, 4.69) is 0 Å². The average Bonchev–Trinajstić information content (AvgIpc) is 3.04. The predicted octanol–water partition coefficient (Wildman–Crippen LogP) is 4.14. The van der Waals surface area contributed by atoms with E-state index in [0.29, 0.717) is 17.0 Å². The zero-order valence-electron chi connectivity index (χ0n) is 13.5. The van der Waals surface area contributed by atoms with E-state index in [4.69, 9.17) is 11.6 Å². The van der Waals surface area contributed by atoms with E-state index in [1.165, 1.54) is 4.90 Å². The van der Waals surface area contributed by atoms with Crippen LogP contribution in [0.3, 0.4) is 0 Å². The van der Waals surface area contributed by atoms with Crippen LogP contribution in [-0.2, 0) is 5.88 Å². The average molecular weight is 341 g/mol. The lowest BCUT2D eigenvalue weighted by Gasteiger charge is -2.12. The zero-order valence-corrected chi connectivity index (χ0v) is 14.2. The summed E-state index contributed by atoms with van der Waals surface area (Å²) < 4.78 is 1.54. The molecule has 0 bridgehead atoms. The Balaban J connectivity index is 2.06. The summed E-state index contributed by atoms with van der Waals surface area (Å²) in [4.78, 5) is 26.6. The van der Waals surface area contributed by atoms with Gasteiger partial charge < -0.3 is 4.90 Å². The van der Waals surface area contributed by atoms with Gasteiger partial charge in [-0.25, -0.2) is 4.79 Å². The van der Waals surface area contributed by atoms with Crippen molar-refractivity contribution in [3.8, 4) is 0 Å². The number of ketones is 1. The van der Waals surface area contributed by atoms with Crippen LogP contribution in [0.2, 0.25) is 0 Å². The molecular weight excluding hydrogens is 324 g/mol. The number of amides is 1. The highest BCUT2D eigenvalue weighted by atomic mass is 35.5. The van der Waals surface area contributed by atoms with E-state index < -0.39 is 0 Å². The largest absolute Gasteiger partial charge is 0.330 e. The number of aromatic nitrogens is 1. The van der Waals surface area contributed by atoms with Crippen LogP contribution in [0, 0.1) is 0 Å². The van der Waals surface area contributed by atoms with E-state index in [-0.39, 0.29) is 11.8 Å². The Morgan fingerprint density at radius 3 is 2.38 bits per heavy atom. The summed E-state index contributed by atoms with van der Waals surface area (Å²) in [5, 5.41) is 0.763. The molecule has 0 aliphatic carbocycles. The van der Waals surface area contributed by atoms with Crippen LogP contribution in [0.1, 0.15) is 21.5 Å². The van der Waals surface area contributed by atoms with Gasteiger partial charge in [0, 0.05) is 42.7 Å². The molecule has 3 rings (SSSR count). The molecule has 122 valence electrons. The number of benzene rings is 2. The van der Waals surface area contributed by atoms with E-state index in [0.717, 1.165) is 16.5 Å². The Kier molecular flexibility index (Phi) is 4.40. The molecule has 2 aromatic carbocycles. The molecule has 24 heavy (non-hydrogen) atoms. The molecule has 0 saturated carbocycles. The van der Waals surface area contributed by atoms with Gasteiger partial charge in [0.05, 0.1) is 5.52 Å². The molecule has 0 fully saturated rings. The van der Waals surface area contributed by atoms with Crippen molar-refractivity contribution in [3.63, 3.8) is 0 Å². The quantitative estimate of drug-likeness (QED) is 0.531. The van der Waals surface area contributed by atoms with E-state index in [1.54, 1.807) is 55.2 Å². The van der Waals surface area contributed by atoms with Crippen LogP contribution in [-0.4, -0.2) is 35.4 Å². The van der Waals surface area contributed by atoms with Gasteiger partial charge >= 0.3 is 6.03 Å². The second-order valence-corrected chi connectivity index (χ2v) is 6.03. The van der Waals surface area contributed by atoms with Crippen molar-refractivity contribution in [2.75, 3.05) is 14.1 Å². The number of nitrogens with zero attached hydrogens (tertiary/aromatic N) is 2. The number of fused-ring (bicyclic) bond motifs is 1. The number of carbonyl (C=O) groups is 2. The molecule has 0 atom stereocenters. The Labute approximate surface area is 145 Å². The van der Waals surface area contributed by atoms with Crippen molar-refractivity contribution in [1.29, 1.82) is 0 Å². The molecule has 0 unspecified atom stereocenters. The minimum absolute atomic E-state index is 0.0724. The van der Waals surface area contributed by atoms with Crippen molar-refractivity contribution in [2.24, 2.45) is 0 Å². The van der Waals surface area contributed by atoms with Gasteiger partial charge in [-0.2, -0.15) is 0 Å². The predicted molar refractivity (Wildman–Crippen MR) is 95.9 cm³/mol. The van der Waals surface area contributed by atoms with Gasteiger partial charge in [0.1, 0.15) is 0 Å². The number of halogens is 1. The first-order valence-electron chi connectivity index (χ1n) is 7.54. The lowest BCUT2D eigenvalue weighted by atomic mass is 9.99. The molecule has 0 aliphatic heterocycles. The van der Waals surface area contributed by atoms with Crippen molar-refractivity contribution < 1.29 is 9.59 Å². The number of carbonyl (C=O) groups excluding carboxylic acids is 2. The number of alkyl halides is 1. The van der Waals surface area contributed by atoms with Gasteiger partial charge in [0.25, 0.3) is 0 Å². The fraction of sp³-hybridized carbons (Fsp3) is 0.158. The van der Waals surface area contributed by atoms with Crippen molar-refractivity contribution in [3.05, 3.63) is 71.4 Å². The Morgan fingerprint density at radius 2 is 1.75 bits per heavy atom. The summed E-state index contributed by atoms with van der Waals surface area (Å²) in [6, 6.07) is 14.3. The molecule has 0 saturated heterocycles. The number of rotatable bonds is 3. The normalized spacial score (nSPS) is 10.8. The minimum Gasteiger partial charge on any atom is -0.330 e. The second kappa shape index (κ2) is 6.49. The molecule has 0 aliphatic rings. The molecule has 1 heterocycles. The van der Waals surface area contributed by atoms with Gasteiger partial charge in [-0.3, -0.25) is 9.36 Å². The smallest absolute Gasteiger partial charge is 0.328 e. The summed E-state index contributed by atoms with van der Waals surface area (Å²) in [7, 11) is 3.39. The molecule has 0 radical (unpaired) electrons. The van der Waals surface area contributed by atoms with Crippen LogP contribution in [0.5, 0.6) is 0 Å². The number of hydrogen-bond donors (Lipinski definition) is 0. The van der Waals surface area contributed by atoms with Crippen LogP contribution in [0.25, 0.3) is 10.9 Å². The van der Waals surface area contributed by atoms with Gasteiger partial charge in [-0.05, 0) is 17.7 Å². The van der Waals surface area contributed by atoms with Gasteiger partial charge in [0.15, 0.2) is 5.78 Å². The summed E-state index contributed by atoms with van der Waals surface area (Å²) >= 11 is 5.79. The second-order valence-electron chi connectivity index (χ2n) is 5.76. The Morgan fingerprint density at radius 1 is 1.04 bits per heavy atom. The maximum Gasteiger partial charge on any atom is 0.328 e. The highest BCUT2D eigenvalue weighted by Gasteiger charge is 2.17. The molecule has 4 nitrogen and oxygen atoms in total. The summed E-state index contributed by atoms with van der Waals surface area (Å²) in [6.45, 7) is 0. The molecule has 0 N–H and O–H groups in total. The first-order valence-corrected chi connectivity index (χ1v) is 8.07. The SMILES string of the molecule is CN(C)C(=O)n1ccc2c(C(=O)c3ccc(CCl)cc3)cccc21. The highest BCUT2D eigenvalue weighted by molar-refractivity contribution is 6.18. The maximum absolute atomic E-state index is 12.8. The first kappa shape index (κ1) is 16.3. The fourth-order valence-electron chi connectivity index (χ4n) is 2.65. The van der Waals surface area contributed by atoms with Crippen LogP contribution in [0.4, 0.5) is 4.79 Å². The minimum atomic E-state index is -0.152. The van der Waals surface area contributed by atoms with Crippen LogP contribution in [0.15, 0.2) is 54.7 Å². The van der Waals surface area contributed by atoms with Crippen molar-refractivity contribution >= 4 is 34.3 Å². The molecule has 0 spiro atoms. The van der Waals surface area contributed by atoms with Gasteiger partial charge in [-0.15, -0.1) is 11.6 Å². The van der Waals surface area contributed by atoms with Gasteiger partial charge in [-0.1, -0.05) is 36.4 Å². The summed E-state index contributed by atoms with van der Waals surface area (Å²) in [5.74, 6) is 0.344. The Bertz CT molecular complexity index is 911. The molecule has 1 amide bonds. The first-order chi connectivity index (χ1) is 11.5. The van der Waals surface area contributed by atoms with Gasteiger partial charge in [0.2, 0.25) is 0 Å². The molecule has 1 aromatic heterocycles. The zero-order chi connectivity index (χ0) is 17.3. The molecule has 5 heteroatoms.